The van der Waals surface area contributed by atoms with Crippen LogP contribution in [0.2, 0.25) is 0 Å². The summed E-state index contributed by atoms with van der Waals surface area (Å²) in [6.07, 6.45) is 0.692. The van der Waals surface area contributed by atoms with E-state index in [1.807, 2.05) is 0 Å². The third kappa shape index (κ3) is 2.94. The first-order valence-corrected chi connectivity index (χ1v) is 7.76. The summed E-state index contributed by atoms with van der Waals surface area (Å²) in [4.78, 5) is 11.1. The van der Waals surface area contributed by atoms with E-state index in [1.165, 1.54) is 23.5 Å². The van der Waals surface area contributed by atoms with Gasteiger partial charge < -0.3 is 9.84 Å². The molecule has 0 spiro atoms. The van der Waals surface area contributed by atoms with Crippen molar-refractivity contribution in [2.45, 2.75) is 17.7 Å². The lowest BCUT2D eigenvalue weighted by atomic mass is 9.99. The molecule has 0 saturated carbocycles. The van der Waals surface area contributed by atoms with Crippen molar-refractivity contribution in [1.82, 2.24) is 4.31 Å². The molecule has 7 heteroatoms. The number of methoxy groups -OCH3 is 1. The lowest BCUT2D eigenvalue weighted by Crippen LogP contribution is -2.40. The normalized spacial score (nSPS) is 17.9. The molecule has 0 aliphatic carbocycles. The van der Waals surface area contributed by atoms with E-state index in [0.29, 0.717) is 18.6 Å². The van der Waals surface area contributed by atoms with Gasteiger partial charge in [0.25, 0.3) is 0 Å². The van der Waals surface area contributed by atoms with Crippen LogP contribution < -0.4 is 4.74 Å². The van der Waals surface area contributed by atoms with Crippen LogP contribution in [0, 0.1) is 5.92 Å². The smallest absolute Gasteiger partial charge is 0.306 e. The van der Waals surface area contributed by atoms with E-state index in [2.05, 4.69) is 0 Å². The summed E-state index contributed by atoms with van der Waals surface area (Å²) in [6.45, 7) is 0.465. The molecule has 6 nitrogen and oxygen atoms in total. The molecule has 0 unspecified atom stereocenters. The summed E-state index contributed by atoms with van der Waals surface area (Å²) in [5.74, 6) is -0.832. The number of hydrogen-bond donors (Lipinski definition) is 1. The maximum absolute atomic E-state index is 12.5. The summed E-state index contributed by atoms with van der Waals surface area (Å²) >= 11 is 0. The molecule has 1 aromatic carbocycles. The summed E-state index contributed by atoms with van der Waals surface area (Å²) in [7, 11) is -2.11. The van der Waals surface area contributed by atoms with Crippen molar-refractivity contribution in [3.63, 3.8) is 0 Å². The number of nitrogens with zero attached hydrogens (tertiary/aromatic N) is 1. The zero-order valence-corrected chi connectivity index (χ0v) is 12.0. The molecule has 0 bridgehead atoms. The van der Waals surface area contributed by atoms with Crippen molar-refractivity contribution in [2.75, 3.05) is 20.2 Å². The highest BCUT2D eigenvalue weighted by Gasteiger charge is 2.32. The van der Waals surface area contributed by atoms with Crippen LogP contribution in [0.3, 0.4) is 0 Å². The van der Waals surface area contributed by atoms with Crippen LogP contribution in [-0.4, -0.2) is 44.0 Å². The quantitative estimate of drug-likeness (QED) is 0.902. The average molecular weight is 299 g/mol. The van der Waals surface area contributed by atoms with Gasteiger partial charge in [0, 0.05) is 19.2 Å². The second-order valence-electron chi connectivity index (χ2n) is 4.70. The van der Waals surface area contributed by atoms with Crippen molar-refractivity contribution in [3.8, 4) is 5.75 Å². The molecule has 0 radical (unpaired) electrons. The van der Waals surface area contributed by atoms with Crippen LogP contribution in [0.5, 0.6) is 5.75 Å². The fraction of sp³-hybridized carbons (Fsp3) is 0.462. The Morgan fingerprint density at radius 2 is 2.00 bits per heavy atom. The Morgan fingerprint density at radius 1 is 1.35 bits per heavy atom. The standard InChI is InChI=1S/C13H17NO5S/c1-19-11-3-2-4-12(9-11)20(17,18)14-7-5-10(6-8-14)13(15)16/h2-4,9-10H,5-8H2,1H3,(H,15,16). The molecule has 2 rings (SSSR count). The fourth-order valence-corrected chi connectivity index (χ4v) is 3.76. The first-order chi connectivity index (χ1) is 9.45. The molecule has 110 valence electrons. The van der Waals surface area contributed by atoms with Gasteiger partial charge in [0.15, 0.2) is 0 Å². The van der Waals surface area contributed by atoms with E-state index in [4.69, 9.17) is 9.84 Å². The van der Waals surface area contributed by atoms with Crippen LogP contribution in [0.1, 0.15) is 12.8 Å². The number of piperidine rings is 1. The summed E-state index contributed by atoms with van der Waals surface area (Å²) in [5, 5.41) is 8.93. The molecule has 1 aliphatic rings. The highest BCUT2D eigenvalue weighted by molar-refractivity contribution is 7.89. The van der Waals surface area contributed by atoms with Gasteiger partial charge in [-0.25, -0.2) is 8.42 Å². The Balaban J connectivity index is 2.17. The van der Waals surface area contributed by atoms with E-state index in [-0.39, 0.29) is 18.0 Å². The topological polar surface area (TPSA) is 83.9 Å². The van der Waals surface area contributed by atoms with Crippen molar-refractivity contribution >= 4 is 16.0 Å². The Kier molecular flexibility index (Phi) is 4.29. The SMILES string of the molecule is COc1cccc(S(=O)(=O)N2CCC(C(=O)O)CC2)c1. The second kappa shape index (κ2) is 5.80. The first-order valence-electron chi connectivity index (χ1n) is 6.32. The summed E-state index contributed by atoms with van der Waals surface area (Å²) < 4.78 is 31.3. The Hall–Kier alpha value is -1.60. The number of rotatable bonds is 4. The fourth-order valence-electron chi connectivity index (χ4n) is 2.25. The lowest BCUT2D eigenvalue weighted by molar-refractivity contribution is -0.142. The molecule has 1 aliphatic heterocycles. The molecule has 0 amide bonds. The van der Waals surface area contributed by atoms with Crippen LogP contribution in [0.4, 0.5) is 0 Å². The van der Waals surface area contributed by atoms with E-state index >= 15 is 0 Å². The third-order valence-corrected chi connectivity index (χ3v) is 5.38. The predicted molar refractivity (Wildman–Crippen MR) is 72.1 cm³/mol. The molecular weight excluding hydrogens is 282 g/mol. The van der Waals surface area contributed by atoms with Crippen molar-refractivity contribution in [3.05, 3.63) is 24.3 Å². The molecule has 1 N–H and O–H groups in total. The number of hydrogen-bond acceptors (Lipinski definition) is 4. The number of ether oxygens (including phenoxy) is 1. The average Bonchev–Trinajstić information content (AvgIpc) is 2.47. The highest BCUT2D eigenvalue weighted by Crippen LogP contribution is 2.25. The van der Waals surface area contributed by atoms with Crippen LogP contribution in [-0.2, 0) is 14.8 Å². The summed E-state index contributed by atoms with van der Waals surface area (Å²) in [6, 6.07) is 6.28. The highest BCUT2D eigenvalue weighted by atomic mass is 32.2. The van der Waals surface area contributed by atoms with Crippen molar-refractivity contribution in [2.24, 2.45) is 5.92 Å². The second-order valence-corrected chi connectivity index (χ2v) is 6.63. The number of carboxylic acid groups (broad SMARTS) is 1. The number of aliphatic carboxylic acids is 1. The molecule has 1 aromatic rings. The van der Waals surface area contributed by atoms with Crippen molar-refractivity contribution < 1.29 is 23.1 Å². The van der Waals surface area contributed by atoms with E-state index in [0.717, 1.165) is 0 Å². The van der Waals surface area contributed by atoms with Gasteiger partial charge in [0.2, 0.25) is 10.0 Å². The monoisotopic (exact) mass is 299 g/mol. The third-order valence-electron chi connectivity index (χ3n) is 3.48. The largest absolute Gasteiger partial charge is 0.497 e. The van der Waals surface area contributed by atoms with Gasteiger partial charge in [-0.2, -0.15) is 4.31 Å². The van der Waals surface area contributed by atoms with Crippen LogP contribution in [0.15, 0.2) is 29.2 Å². The number of sulfonamides is 1. The number of carbonyl (C=O) groups is 1. The molecule has 0 aromatic heterocycles. The van der Waals surface area contributed by atoms with E-state index in [9.17, 15) is 13.2 Å². The van der Waals surface area contributed by atoms with Gasteiger partial charge in [-0.1, -0.05) is 6.07 Å². The minimum Gasteiger partial charge on any atom is -0.497 e. The van der Waals surface area contributed by atoms with Gasteiger partial charge in [0.1, 0.15) is 5.75 Å². The lowest BCUT2D eigenvalue weighted by Gasteiger charge is -2.29. The van der Waals surface area contributed by atoms with Gasteiger partial charge in [0.05, 0.1) is 17.9 Å². The maximum atomic E-state index is 12.5. The molecule has 1 fully saturated rings. The van der Waals surface area contributed by atoms with Crippen LogP contribution in [0.25, 0.3) is 0 Å². The minimum atomic E-state index is -3.58. The van der Waals surface area contributed by atoms with Gasteiger partial charge in [-0.15, -0.1) is 0 Å². The van der Waals surface area contributed by atoms with E-state index in [1.54, 1.807) is 12.1 Å². The van der Waals surface area contributed by atoms with Gasteiger partial charge in [-0.3, -0.25) is 4.79 Å². The molecular formula is C13H17NO5S. The van der Waals surface area contributed by atoms with E-state index < -0.39 is 21.9 Å². The van der Waals surface area contributed by atoms with Crippen LogP contribution >= 0.6 is 0 Å². The molecule has 20 heavy (non-hydrogen) atoms. The first kappa shape index (κ1) is 14.8. The minimum absolute atomic E-state index is 0.172. The maximum Gasteiger partial charge on any atom is 0.306 e. The number of carboxylic acids is 1. The Morgan fingerprint density at radius 3 is 2.55 bits per heavy atom. The molecule has 0 atom stereocenters. The van der Waals surface area contributed by atoms with Gasteiger partial charge >= 0.3 is 5.97 Å². The van der Waals surface area contributed by atoms with Crippen molar-refractivity contribution in [1.29, 1.82) is 0 Å². The molecule has 1 saturated heterocycles. The molecule has 1 heterocycles. The zero-order chi connectivity index (χ0) is 14.8. The zero-order valence-electron chi connectivity index (χ0n) is 11.2. The summed E-state index contributed by atoms with van der Waals surface area (Å²) in [5.41, 5.74) is 0. The number of benzene rings is 1. The Labute approximate surface area is 118 Å². The predicted octanol–water partition coefficient (Wildman–Crippen LogP) is 1.18. The van der Waals surface area contributed by atoms with Gasteiger partial charge in [-0.05, 0) is 25.0 Å². The Bertz CT molecular complexity index is 591.